The van der Waals surface area contributed by atoms with Crippen molar-refractivity contribution in [1.29, 1.82) is 0 Å². The van der Waals surface area contributed by atoms with E-state index in [0.29, 0.717) is 31.1 Å². The molecule has 5 nitrogen and oxygen atoms in total. The molecule has 1 saturated heterocycles. The lowest BCUT2D eigenvalue weighted by molar-refractivity contribution is -0.168. The van der Waals surface area contributed by atoms with Gasteiger partial charge in [-0.2, -0.15) is 0 Å². The molecule has 0 atom stereocenters. The van der Waals surface area contributed by atoms with Crippen molar-refractivity contribution in [2.24, 2.45) is 0 Å². The van der Waals surface area contributed by atoms with E-state index in [2.05, 4.69) is 6.92 Å². The summed E-state index contributed by atoms with van der Waals surface area (Å²) in [4.78, 5) is 12.2. The fraction of sp³-hybridized carbons (Fsp3) is 0.348. The van der Waals surface area contributed by atoms with Crippen molar-refractivity contribution < 1.29 is 23.7 Å². The zero-order valence-electron chi connectivity index (χ0n) is 16.2. The SMILES string of the molecule is [CH2-][C+]1COC(CCCCOc2ccc(C(=O)Oc3ccc(C)cc3)cc2)OC1. The Hall–Kier alpha value is -2.50. The first-order valence-corrected chi connectivity index (χ1v) is 9.52. The Balaban J connectivity index is 1.36. The van der Waals surface area contributed by atoms with E-state index in [-0.39, 0.29) is 12.3 Å². The van der Waals surface area contributed by atoms with Gasteiger partial charge < -0.3 is 18.9 Å². The van der Waals surface area contributed by atoms with Crippen molar-refractivity contribution in [3.8, 4) is 11.5 Å². The number of aryl methyl sites for hydroxylation is 1. The molecule has 1 fully saturated rings. The number of benzene rings is 2. The minimum absolute atomic E-state index is 0.135. The fourth-order valence-electron chi connectivity index (χ4n) is 2.74. The van der Waals surface area contributed by atoms with Crippen LogP contribution < -0.4 is 9.47 Å². The van der Waals surface area contributed by atoms with Crippen molar-refractivity contribution in [1.82, 2.24) is 0 Å². The molecule has 0 spiro atoms. The van der Waals surface area contributed by atoms with Crippen LogP contribution in [0.4, 0.5) is 0 Å². The second-order valence-corrected chi connectivity index (χ2v) is 6.87. The number of ether oxygens (including phenoxy) is 4. The smallest absolute Gasteiger partial charge is 0.343 e. The minimum Gasteiger partial charge on any atom is -0.494 e. The molecule has 0 bridgehead atoms. The summed E-state index contributed by atoms with van der Waals surface area (Å²) < 4.78 is 22.2. The molecule has 0 N–H and O–H groups in total. The van der Waals surface area contributed by atoms with Gasteiger partial charge in [-0.3, -0.25) is 0 Å². The number of carbonyl (C=O) groups excluding carboxylic acids is 1. The van der Waals surface area contributed by atoms with Crippen LogP contribution in [0.1, 0.15) is 35.2 Å². The summed E-state index contributed by atoms with van der Waals surface area (Å²) in [5.74, 6) is 1.86. The second kappa shape index (κ2) is 10.2. The lowest BCUT2D eigenvalue weighted by Crippen LogP contribution is -2.29. The van der Waals surface area contributed by atoms with Crippen LogP contribution in [0, 0.1) is 19.8 Å². The molecular formula is C23H26O5. The number of rotatable bonds is 8. The van der Waals surface area contributed by atoms with E-state index in [0.717, 1.165) is 36.5 Å². The summed E-state index contributed by atoms with van der Waals surface area (Å²) in [6.07, 6.45) is 2.57. The molecule has 0 radical (unpaired) electrons. The minimum atomic E-state index is -0.384. The normalized spacial score (nSPS) is 14.7. The predicted molar refractivity (Wildman–Crippen MR) is 106 cm³/mol. The van der Waals surface area contributed by atoms with Gasteiger partial charge in [0, 0.05) is 0 Å². The largest absolute Gasteiger partial charge is 0.494 e. The molecule has 0 aromatic heterocycles. The first-order valence-electron chi connectivity index (χ1n) is 9.52. The van der Waals surface area contributed by atoms with Gasteiger partial charge in [0.1, 0.15) is 11.5 Å². The molecule has 1 aliphatic heterocycles. The molecule has 2 aromatic rings. The van der Waals surface area contributed by atoms with E-state index < -0.39 is 0 Å². The first kappa shape index (κ1) is 20.2. The Labute approximate surface area is 166 Å². The van der Waals surface area contributed by atoms with E-state index in [4.69, 9.17) is 18.9 Å². The monoisotopic (exact) mass is 382 g/mol. The second-order valence-electron chi connectivity index (χ2n) is 6.87. The number of carbonyl (C=O) groups is 1. The number of hydrogen-bond acceptors (Lipinski definition) is 5. The Bertz CT molecular complexity index is 731. The van der Waals surface area contributed by atoms with Crippen LogP contribution in [0.15, 0.2) is 48.5 Å². The van der Waals surface area contributed by atoms with Crippen molar-refractivity contribution in [2.75, 3.05) is 19.8 Å². The topological polar surface area (TPSA) is 54.0 Å². The third-order valence-electron chi connectivity index (χ3n) is 4.37. The fourth-order valence-corrected chi connectivity index (χ4v) is 2.74. The maximum atomic E-state index is 12.2. The van der Waals surface area contributed by atoms with Crippen LogP contribution in [0.3, 0.4) is 0 Å². The van der Waals surface area contributed by atoms with Crippen molar-refractivity contribution in [3.05, 3.63) is 72.5 Å². The van der Waals surface area contributed by atoms with Crippen LogP contribution >= 0.6 is 0 Å². The Morgan fingerprint density at radius 2 is 1.68 bits per heavy atom. The van der Waals surface area contributed by atoms with Gasteiger partial charge in [-0.05, 0) is 68.5 Å². The molecule has 2 aromatic carbocycles. The van der Waals surface area contributed by atoms with Gasteiger partial charge in [0.2, 0.25) is 0 Å². The van der Waals surface area contributed by atoms with Crippen molar-refractivity contribution in [3.63, 3.8) is 0 Å². The first-order chi connectivity index (χ1) is 13.6. The number of unbranched alkanes of at least 4 members (excludes halogenated alkanes) is 1. The summed E-state index contributed by atoms with van der Waals surface area (Å²) >= 11 is 0. The maximum Gasteiger partial charge on any atom is 0.343 e. The quantitative estimate of drug-likeness (QED) is 0.290. The van der Waals surface area contributed by atoms with Crippen LogP contribution in [0.5, 0.6) is 11.5 Å². The predicted octanol–water partition coefficient (Wildman–Crippen LogP) is 4.54. The Kier molecular flexibility index (Phi) is 7.34. The van der Waals surface area contributed by atoms with Gasteiger partial charge in [-0.15, -0.1) is 6.92 Å². The van der Waals surface area contributed by atoms with Gasteiger partial charge in [0.15, 0.2) is 19.5 Å². The van der Waals surface area contributed by atoms with Crippen LogP contribution in [-0.2, 0) is 9.47 Å². The summed E-state index contributed by atoms with van der Waals surface area (Å²) in [5.41, 5.74) is 1.60. The highest BCUT2D eigenvalue weighted by Crippen LogP contribution is 2.18. The van der Waals surface area contributed by atoms with E-state index in [1.807, 2.05) is 19.1 Å². The molecule has 1 heterocycles. The standard InChI is InChI=1S/C23H26O5/c1-17-6-10-21(11-7-17)28-23(24)19-8-12-20(13-9-19)25-14-4-3-5-22-26-15-18(2)16-27-22/h6-13,22H,2-5,14-16H2,1H3. The van der Waals surface area contributed by atoms with E-state index in [1.165, 1.54) is 0 Å². The molecule has 1 aliphatic rings. The lowest BCUT2D eigenvalue weighted by atomic mass is 10.2. The Morgan fingerprint density at radius 3 is 2.36 bits per heavy atom. The summed E-state index contributed by atoms with van der Waals surface area (Å²) in [6.45, 7) is 7.59. The molecule has 28 heavy (non-hydrogen) atoms. The molecule has 0 aliphatic carbocycles. The van der Waals surface area contributed by atoms with Crippen LogP contribution in [0.25, 0.3) is 0 Å². The molecule has 3 rings (SSSR count). The van der Waals surface area contributed by atoms with Crippen LogP contribution in [0.2, 0.25) is 0 Å². The molecular weight excluding hydrogens is 356 g/mol. The average Bonchev–Trinajstić information content (AvgIpc) is 2.71. The van der Waals surface area contributed by atoms with Crippen molar-refractivity contribution in [2.45, 2.75) is 32.5 Å². The van der Waals surface area contributed by atoms with Gasteiger partial charge >= 0.3 is 5.97 Å². The molecule has 148 valence electrons. The average molecular weight is 382 g/mol. The summed E-state index contributed by atoms with van der Waals surface area (Å²) in [5, 5.41) is 0. The number of hydrogen-bond donors (Lipinski definition) is 0. The van der Waals surface area contributed by atoms with Crippen LogP contribution in [-0.4, -0.2) is 32.1 Å². The highest BCUT2D eigenvalue weighted by molar-refractivity contribution is 5.91. The highest BCUT2D eigenvalue weighted by atomic mass is 16.7. The molecule has 0 unspecified atom stereocenters. The van der Waals surface area contributed by atoms with Gasteiger partial charge in [-0.25, -0.2) is 4.79 Å². The summed E-state index contributed by atoms with van der Waals surface area (Å²) in [7, 11) is 0. The maximum absolute atomic E-state index is 12.2. The lowest BCUT2D eigenvalue weighted by Gasteiger charge is -2.24. The number of esters is 1. The van der Waals surface area contributed by atoms with Gasteiger partial charge in [0.05, 0.1) is 12.2 Å². The van der Waals surface area contributed by atoms with E-state index in [1.54, 1.807) is 36.4 Å². The van der Waals surface area contributed by atoms with E-state index in [9.17, 15) is 4.79 Å². The molecule has 5 heteroatoms. The molecule has 0 saturated carbocycles. The van der Waals surface area contributed by atoms with Gasteiger partial charge in [0.25, 0.3) is 0 Å². The third-order valence-corrected chi connectivity index (χ3v) is 4.37. The molecule has 0 amide bonds. The Morgan fingerprint density at radius 1 is 1.04 bits per heavy atom. The van der Waals surface area contributed by atoms with Gasteiger partial charge in [-0.1, -0.05) is 17.7 Å². The zero-order chi connectivity index (χ0) is 19.8. The highest BCUT2D eigenvalue weighted by Gasteiger charge is 2.21. The van der Waals surface area contributed by atoms with Crippen molar-refractivity contribution >= 4 is 5.97 Å². The summed E-state index contributed by atoms with van der Waals surface area (Å²) in [6, 6.07) is 14.4. The third kappa shape index (κ3) is 6.29. The zero-order valence-corrected chi connectivity index (χ0v) is 16.2. The van der Waals surface area contributed by atoms with E-state index >= 15 is 0 Å².